The van der Waals surface area contributed by atoms with Gasteiger partial charge in [-0.05, 0) is 35.0 Å². The van der Waals surface area contributed by atoms with Gasteiger partial charge in [-0.2, -0.15) is 0 Å². The number of benzene rings is 1. The molecule has 1 aromatic heterocycles. The fourth-order valence-electron chi connectivity index (χ4n) is 1.22. The Balaban J connectivity index is 2.20. The van der Waals surface area contributed by atoms with Gasteiger partial charge in [0, 0.05) is 0 Å². The molecule has 0 radical (unpaired) electrons. The first-order chi connectivity index (χ1) is 7.79. The van der Waals surface area contributed by atoms with Crippen LogP contribution in [0.3, 0.4) is 0 Å². The smallest absolute Gasteiger partial charge is 0.211 e. The minimum atomic E-state index is 0.637. The number of halogens is 1. The molecule has 16 heavy (non-hydrogen) atoms. The van der Waals surface area contributed by atoms with Crippen molar-refractivity contribution in [2.45, 2.75) is 6.92 Å². The summed E-state index contributed by atoms with van der Waals surface area (Å²) in [6, 6.07) is 7.75. The van der Waals surface area contributed by atoms with Crippen molar-refractivity contribution in [1.82, 2.24) is 10.2 Å². The van der Waals surface area contributed by atoms with E-state index in [4.69, 9.17) is 4.74 Å². The molecule has 84 valence electrons. The molecule has 4 nitrogen and oxygen atoms in total. The summed E-state index contributed by atoms with van der Waals surface area (Å²) in [6.07, 6.45) is 0. The highest BCUT2D eigenvalue weighted by Gasteiger charge is 2.05. The van der Waals surface area contributed by atoms with Crippen LogP contribution in [-0.4, -0.2) is 16.8 Å². The van der Waals surface area contributed by atoms with Crippen LogP contribution in [0.15, 0.2) is 28.2 Å². The van der Waals surface area contributed by atoms with Gasteiger partial charge in [0.1, 0.15) is 5.75 Å². The third-order valence-corrected chi connectivity index (χ3v) is 3.10. The highest BCUT2D eigenvalue weighted by Crippen LogP contribution is 2.29. The maximum atomic E-state index is 5.50. The summed E-state index contributed by atoms with van der Waals surface area (Å²) in [5, 5.41) is 11.7. The summed E-state index contributed by atoms with van der Waals surface area (Å²) in [5.74, 6) is 0.816. The number of rotatable bonds is 4. The molecule has 0 aliphatic heterocycles. The zero-order valence-corrected chi connectivity index (χ0v) is 11.0. The normalized spacial score (nSPS) is 10.1. The van der Waals surface area contributed by atoms with E-state index in [0.29, 0.717) is 6.61 Å². The predicted octanol–water partition coefficient (Wildman–Crippen LogP) is 3.44. The molecule has 0 amide bonds. The van der Waals surface area contributed by atoms with E-state index in [1.54, 1.807) is 0 Å². The molecule has 1 N–H and O–H groups in total. The number of ether oxygens (including phenoxy) is 1. The Morgan fingerprint density at radius 1 is 1.38 bits per heavy atom. The molecule has 0 aliphatic carbocycles. The number of aromatic nitrogens is 2. The Hall–Kier alpha value is -1.14. The minimum absolute atomic E-state index is 0.637. The molecule has 1 aromatic carbocycles. The largest absolute Gasteiger partial charge is 0.492 e. The molecular formula is C10H10BrN3OS. The van der Waals surface area contributed by atoms with Crippen LogP contribution >= 0.6 is 27.3 Å². The third-order valence-electron chi connectivity index (χ3n) is 1.83. The van der Waals surface area contributed by atoms with Crippen molar-refractivity contribution in [2.75, 3.05) is 11.9 Å². The lowest BCUT2D eigenvalue weighted by atomic mass is 10.3. The number of anilines is 2. The molecule has 0 saturated carbocycles. The zero-order valence-electron chi connectivity index (χ0n) is 8.61. The SMILES string of the molecule is CCOc1ccccc1Nc1nnc(Br)s1. The maximum Gasteiger partial charge on any atom is 0.211 e. The highest BCUT2D eigenvalue weighted by molar-refractivity contribution is 9.11. The molecule has 0 saturated heterocycles. The van der Waals surface area contributed by atoms with Crippen molar-refractivity contribution in [3.63, 3.8) is 0 Å². The van der Waals surface area contributed by atoms with Crippen LogP contribution < -0.4 is 10.1 Å². The molecule has 0 atom stereocenters. The van der Waals surface area contributed by atoms with E-state index in [2.05, 4.69) is 31.4 Å². The monoisotopic (exact) mass is 299 g/mol. The Kier molecular flexibility index (Phi) is 3.74. The molecule has 0 unspecified atom stereocenters. The molecule has 0 bridgehead atoms. The van der Waals surface area contributed by atoms with Crippen molar-refractivity contribution < 1.29 is 4.74 Å². The number of nitrogens with one attached hydrogen (secondary N) is 1. The van der Waals surface area contributed by atoms with Gasteiger partial charge in [-0.25, -0.2) is 0 Å². The van der Waals surface area contributed by atoms with Crippen LogP contribution in [0.4, 0.5) is 10.8 Å². The average molecular weight is 300 g/mol. The lowest BCUT2D eigenvalue weighted by Crippen LogP contribution is -1.97. The first-order valence-corrected chi connectivity index (χ1v) is 6.38. The van der Waals surface area contributed by atoms with Crippen LogP contribution in [0.2, 0.25) is 0 Å². The highest BCUT2D eigenvalue weighted by atomic mass is 79.9. The van der Waals surface area contributed by atoms with Crippen LogP contribution in [0, 0.1) is 0 Å². The fraction of sp³-hybridized carbons (Fsp3) is 0.200. The second-order valence-electron chi connectivity index (χ2n) is 2.91. The van der Waals surface area contributed by atoms with Gasteiger partial charge in [0.25, 0.3) is 0 Å². The first-order valence-electron chi connectivity index (χ1n) is 4.77. The van der Waals surface area contributed by atoms with Gasteiger partial charge in [-0.1, -0.05) is 23.5 Å². The zero-order chi connectivity index (χ0) is 11.4. The van der Waals surface area contributed by atoms with Crippen LogP contribution in [0.1, 0.15) is 6.92 Å². The molecule has 2 aromatic rings. The average Bonchev–Trinajstić information content (AvgIpc) is 2.67. The molecule has 0 fully saturated rings. The van der Waals surface area contributed by atoms with Gasteiger partial charge in [-0.3, -0.25) is 0 Å². The molecule has 6 heteroatoms. The van der Waals surface area contributed by atoms with Crippen molar-refractivity contribution in [1.29, 1.82) is 0 Å². The predicted molar refractivity (Wildman–Crippen MR) is 68.5 cm³/mol. The van der Waals surface area contributed by atoms with E-state index in [-0.39, 0.29) is 0 Å². The Morgan fingerprint density at radius 2 is 2.19 bits per heavy atom. The van der Waals surface area contributed by atoms with E-state index in [0.717, 1.165) is 20.5 Å². The van der Waals surface area contributed by atoms with Gasteiger partial charge in [0.2, 0.25) is 5.13 Å². The van der Waals surface area contributed by atoms with Crippen molar-refractivity contribution in [3.8, 4) is 5.75 Å². The quantitative estimate of drug-likeness (QED) is 0.939. The minimum Gasteiger partial charge on any atom is -0.492 e. The van der Waals surface area contributed by atoms with Crippen molar-refractivity contribution in [2.24, 2.45) is 0 Å². The summed E-state index contributed by atoms with van der Waals surface area (Å²) in [5.41, 5.74) is 0.896. The number of hydrogen-bond acceptors (Lipinski definition) is 5. The maximum absolute atomic E-state index is 5.50. The summed E-state index contributed by atoms with van der Waals surface area (Å²) < 4.78 is 6.25. The number of para-hydroxylation sites is 2. The van der Waals surface area contributed by atoms with E-state index in [1.807, 2.05) is 31.2 Å². The fourth-order valence-corrected chi connectivity index (χ4v) is 2.25. The van der Waals surface area contributed by atoms with Gasteiger partial charge in [0.15, 0.2) is 3.92 Å². The van der Waals surface area contributed by atoms with Crippen LogP contribution in [-0.2, 0) is 0 Å². The summed E-state index contributed by atoms with van der Waals surface area (Å²) in [6.45, 7) is 2.59. The summed E-state index contributed by atoms with van der Waals surface area (Å²) in [7, 11) is 0. The van der Waals surface area contributed by atoms with Crippen molar-refractivity contribution >= 4 is 38.1 Å². The molecule has 2 rings (SSSR count). The first kappa shape index (κ1) is 11.3. The molecular weight excluding hydrogens is 290 g/mol. The van der Waals surface area contributed by atoms with Gasteiger partial charge in [-0.15, -0.1) is 10.2 Å². The van der Waals surface area contributed by atoms with Gasteiger partial charge >= 0.3 is 0 Å². The van der Waals surface area contributed by atoms with E-state index in [1.165, 1.54) is 11.3 Å². The molecule has 0 spiro atoms. The summed E-state index contributed by atoms with van der Waals surface area (Å²) in [4.78, 5) is 0. The Morgan fingerprint density at radius 3 is 2.88 bits per heavy atom. The lowest BCUT2D eigenvalue weighted by Gasteiger charge is -2.09. The molecule has 0 aliphatic rings. The van der Waals surface area contributed by atoms with Crippen molar-refractivity contribution in [3.05, 3.63) is 28.2 Å². The van der Waals surface area contributed by atoms with Gasteiger partial charge < -0.3 is 10.1 Å². The second kappa shape index (κ2) is 5.27. The number of hydrogen-bond donors (Lipinski definition) is 1. The van der Waals surface area contributed by atoms with Gasteiger partial charge in [0.05, 0.1) is 12.3 Å². The summed E-state index contributed by atoms with van der Waals surface area (Å²) >= 11 is 4.71. The third kappa shape index (κ3) is 2.70. The number of nitrogens with zero attached hydrogens (tertiary/aromatic N) is 2. The van der Waals surface area contributed by atoms with E-state index in [9.17, 15) is 0 Å². The topological polar surface area (TPSA) is 47.0 Å². The van der Waals surface area contributed by atoms with Crippen LogP contribution in [0.25, 0.3) is 0 Å². The van der Waals surface area contributed by atoms with E-state index >= 15 is 0 Å². The van der Waals surface area contributed by atoms with E-state index < -0.39 is 0 Å². The standard InChI is InChI=1S/C10H10BrN3OS/c1-2-15-8-6-4-3-5-7(8)12-10-14-13-9(11)16-10/h3-6H,2H2,1H3,(H,12,14). The second-order valence-corrected chi connectivity index (χ2v) is 5.17. The Labute approximate surface area is 106 Å². The molecule has 1 heterocycles. The Bertz CT molecular complexity index is 475. The lowest BCUT2D eigenvalue weighted by molar-refractivity contribution is 0.342. The van der Waals surface area contributed by atoms with Crippen LogP contribution in [0.5, 0.6) is 5.75 Å².